The zero-order valence-electron chi connectivity index (χ0n) is 60.7. The molecule has 554 valence electrons. The van der Waals surface area contributed by atoms with Crippen molar-refractivity contribution in [1.29, 1.82) is 0 Å². The number of phosphoric ester groups is 2. The molecule has 0 radical (unpaired) electrons. The maximum Gasteiger partial charge on any atom is 0.472 e. The molecule has 0 amide bonds. The van der Waals surface area contributed by atoms with E-state index < -0.39 is 97.5 Å². The van der Waals surface area contributed by atoms with Gasteiger partial charge in [0.2, 0.25) is 0 Å². The van der Waals surface area contributed by atoms with Gasteiger partial charge < -0.3 is 33.8 Å². The molecule has 0 bridgehead atoms. The summed E-state index contributed by atoms with van der Waals surface area (Å²) in [7, 11) is -9.92. The Kier molecular flexibility index (Phi) is 64.7. The monoisotopic (exact) mass is 1380 g/mol. The molecule has 3 N–H and O–H groups in total. The fourth-order valence-electron chi connectivity index (χ4n) is 10.9. The molecule has 0 saturated carbocycles. The van der Waals surface area contributed by atoms with E-state index in [0.717, 1.165) is 127 Å². The molecule has 94 heavy (non-hydrogen) atoms. The number of rotatable bonds is 72. The molecule has 0 aromatic rings. The lowest BCUT2D eigenvalue weighted by Gasteiger charge is -2.21. The second kappa shape index (κ2) is 66.4. The van der Waals surface area contributed by atoms with E-state index in [9.17, 15) is 43.2 Å². The normalized spacial score (nSPS) is 14.5. The number of carbonyl (C=O) groups is 4. The predicted octanol–water partition coefficient (Wildman–Crippen LogP) is 21.5. The third kappa shape index (κ3) is 66.8. The largest absolute Gasteiger partial charge is 0.472 e. The topological polar surface area (TPSA) is 237 Å². The standard InChI is InChI=1S/C75H142O17P2/c1-7-10-12-14-16-18-20-22-23-27-31-34-38-45-51-57-72(77)85-63-70(91-75(80)60-54-48-40-36-32-28-25-24-26-29-33-37-43-49-55-67(4)5)65-89-93(81,82)87-61-69(76)62-88-94(83,84)90-66-71(64-86-73(78)58-52-46-42-41-44-50-56-68(6)9-3)92-74(79)59-53-47-39-35-30-21-19-17-15-13-11-8-2/h18,20,22-23,67-71,76H,7-17,19,21,24-66H2,1-6H3,(H,81,82)(H,83,84)/b20-18-,23-22-/t68?,69-,70-,71-/m1/s1. The predicted molar refractivity (Wildman–Crippen MR) is 381 cm³/mol. The highest BCUT2D eigenvalue weighted by atomic mass is 31.2. The van der Waals surface area contributed by atoms with Crippen molar-refractivity contribution in [2.24, 2.45) is 11.8 Å². The summed E-state index contributed by atoms with van der Waals surface area (Å²) in [4.78, 5) is 72.7. The molecular formula is C75H142O17P2. The van der Waals surface area contributed by atoms with Crippen molar-refractivity contribution in [3.05, 3.63) is 24.3 Å². The van der Waals surface area contributed by atoms with E-state index in [-0.39, 0.29) is 25.7 Å². The summed E-state index contributed by atoms with van der Waals surface area (Å²) in [5.74, 6) is -0.625. The number of carbonyl (C=O) groups excluding carboxylic acids is 4. The van der Waals surface area contributed by atoms with Crippen LogP contribution in [0.5, 0.6) is 0 Å². The van der Waals surface area contributed by atoms with Crippen LogP contribution in [0.3, 0.4) is 0 Å². The van der Waals surface area contributed by atoms with Gasteiger partial charge in [-0.25, -0.2) is 9.13 Å². The second-order valence-electron chi connectivity index (χ2n) is 27.1. The van der Waals surface area contributed by atoms with E-state index in [2.05, 4.69) is 65.8 Å². The van der Waals surface area contributed by atoms with E-state index in [1.807, 2.05) is 0 Å². The molecule has 19 heteroatoms. The number of esters is 4. The minimum Gasteiger partial charge on any atom is -0.462 e. The van der Waals surface area contributed by atoms with Gasteiger partial charge in [-0.15, -0.1) is 0 Å². The van der Waals surface area contributed by atoms with Crippen LogP contribution in [0.25, 0.3) is 0 Å². The first-order valence-corrected chi connectivity index (χ1v) is 41.3. The summed E-state index contributed by atoms with van der Waals surface area (Å²) in [6.45, 7) is 9.50. The SMILES string of the molecule is CCCCCC/C=C\C=C/CCCCCCCC(=O)OC[C@H](COP(=O)(O)OC[C@@H](O)COP(=O)(O)OC[C@@H](COC(=O)CCCCCCCCC(C)CC)OC(=O)CCCCCCCCCCCCCC)OC(=O)CCCCCCCCCCCCCCCCC(C)C. The molecule has 0 rings (SSSR count). The van der Waals surface area contributed by atoms with Gasteiger partial charge in [-0.3, -0.25) is 37.3 Å². The van der Waals surface area contributed by atoms with Crippen LogP contribution in [0.1, 0.15) is 363 Å². The minimum atomic E-state index is -4.96. The fraction of sp³-hybridized carbons (Fsp3) is 0.893. The van der Waals surface area contributed by atoms with Crippen molar-refractivity contribution in [2.45, 2.75) is 381 Å². The van der Waals surface area contributed by atoms with Crippen LogP contribution in [0.15, 0.2) is 24.3 Å². The summed E-state index contributed by atoms with van der Waals surface area (Å²) in [6.07, 6.45) is 56.2. The summed E-state index contributed by atoms with van der Waals surface area (Å²) < 4.78 is 68.4. The van der Waals surface area contributed by atoms with Crippen LogP contribution in [0.4, 0.5) is 0 Å². The van der Waals surface area contributed by atoms with Gasteiger partial charge in [-0.05, 0) is 63.2 Å². The molecule has 0 aliphatic carbocycles. The maximum absolute atomic E-state index is 13.1. The third-order valence-corrected chi connectivity index (χ3v) is 19.1. The first-order chi connectivity index (χ1) is 45.4. The zero-order valence-corrected chi connectivity index (χ0v) is 62.5. The molecule has 0 fully saturated rings. The Bertz CT molecular complexity index is 1920. The summed E-state index contributed by atoms with van der Waals surface area (Å²) in [5, 5.41) is 10.6. The van der Waals surface area contributed by atoms with Crippen LogP contribution in [-0.2, 0) is 65.4 Å². The van der Waals surface area contributed by atoms with Gasteiger partial charge in [0.1, 0.15) is 19.3 Å². The van der Waals surface area contributed by atoms with Gasteiger partial charge in [0, 0.05) is 25.7 Å². The maximum atomic E-state index is 13.1. The number of phosphoric acid groups is 2. The van der Waals surface area contributed by atoms with Crippen LogP contribution in [-0.4, -0.2) is 96.7 Å². The van der Waals surface area contributed by atoms with Crippen molar-refractivity contribution >= 4 is 39.5 Å². The highest BCUT2D eigenvalue weighted by Crippen LogP contribution is 2.45. The van der Waals surface area contributed by atoms with Crippen LogP contribution >= 0.6 is 15.6 Å². The molecule has 0 spiro atoms. The van der Waals surface area contributed by atoms with Gasteiger partial charge in [0.25, 0.3) is 0 Å². The lowest BCUT2D eigenvalue weighted by molar-refractivity contribution is -0.161. The number of aliphatic hydroxyl groups excluding tert-OH is 1. The van der Waals surface area contributed by atoms with E-state index in [1.165, 1.54) is 154 Å². The third-order valence-electron chi connectivity index (χ3n) is 17.2. The van der Waals surface area contributed by atoms with Gasteiger partial charge in [0.05, 0.1) is 26.4 Å². The summed E-state index contributed by atoms with van der Waals surface area (Å²) in [6, 6.07) is 0. The minimum absolute atomic E-state index is 0.100. The Morgan fingerprint density at radius 1 is 0.351 bits per heavy atom. The Labute approximate surface area is 573 Å². The number of unbranched alkanes of at least 4 members (excludes halogenated alkanes) is 38. The highest BCUT2D eigenvalue weighted by Gasteiger charge is 2.30. The Morgan fingerprint density at radius 3 is 0.957 bits per heavy atom. The lowest BCUT2D eigenvalue weighted by atomic mass is 10.00. The van der Waals surface area contributed by atoms with Gasteiger partial charge >= 0.3 is 39.5 Å². The van der Waals surface area contributed by atoms with Crippen molar-refractivity contribution in [2.75, 3.05) is 39.6 Å². The van der Waals surface area contributed by atoms with E-state index in [0.29, 0.717) is 25.7 Å². The molecule has 0 aliphatic heterocycles. The number of ether oxygens (including phenoxy) is 4. The molecule has 17 nitrogen and oxygen atoms in total. The first-order valence-electron chi connectivity index (χ1n) is 38.3. The van der Waals surface area contributed by atoms with Crippen molar-refractivity contribution in [3.63, 3.8) is 0 Å². The van der Waals surface area contributed by atoms with Gasteiger partial charge in [-0.2, -0.15) is 0 Å². The molecule has 0 aliphatic rings. The first kappa shape index (κ1) is 91.5. The second-order valence-corrected chi connectivity index (χ2v) is 30.0. The molecule has 0 aromatic heterocycles. The van der Waals surface area contributed by atoms with Crippen LogP contribution in [0, 0.1) is 11.8 Å². The lowest BCUT2D eigenvalue weighted by Crippen LogP contribution is -2.30. The number of aliphatic hydroxyl groups is 1. The number of hydrogen-bond acceptors (Lipinski definition) is 15. The fourth-order valence-corrected chi connectivity index (χ4v) is 12.5. The van der Waals surface area contributed by atoms with E-state index in [4.69, 9.17) is 37.0 Å². The van der Waals surface area contributed by atoms with Gasteiger partial charge in [0.15, 0.2) is 12.2 Å². The average Bonchev–Trinajstić information content (AvgIpc) is 3.54. The number of hydrogen-bond donors (Lipinski definition) is 3. The van der Waals surface area contributed by atoms with Crippen molar-refractivity contribution in [3.8, 4) is 0 Å². The Morgan fingerprint density at radius 2 is 0.628 bits per heavy atom. The molecule has 0 saturated heterocycles. The molecular weight excluding hydrogens is 1230 g/mol. The van der Waals surface area contributed by atoms with Gasteiger partial charge in [-0.1, -0.05) is 310 Å². The van der Waals surface area contributed by atoms with Crippen LogP contribution in [0.2, 0.25) is 0 Å². The Hall–Kier alpha value is -2.46. The zero-order chi connectivity index (χ0) is 69.3. The molecule has 6 atom stereocenters. The number of allylic oxidation sites excluding steroid dienone is 4. The van der Waals surface area contributed by atoms with E-state index in [1.54, 1.807) is 0 Å². The summed E-state index contributed by atoms with van der Waals surface area (Å²) in [5.41, 5.74) is 0. The van der Waals surface area contributed by atoms with Crippen LogP contribution < -0.4 is 0 Å². The van der Waals surface area contributed by atoms with Crippen molar-refractivity contribution in [1.82, 2.24) is 0 Å². The van der Waals surface area contributed by atoms with E-state index >= 15 is 0 Å². The van der Waals surface area contributed by atoms with Crippen molar-refractivity contribution < 1.29 is 80.2 Å². The molecule has 0 aromatic carbocycles. The quantitative estimate of drug-likeness (QED) is 0.0169. The Balaban J connectivity index is 5.29. The molecule has 3 unspecified atom stereocenters. The summed E-state index contributed by atoms with van der Waals surface area (Å²) >= 11 is 0. The average molecular weight is 1380 g/mol. The molecule has 0 heterocycles. The highest BCUT2D eigenvalue weighted by molar-refractivity contribution is 7.47. The smallest absolute Gasteiger partial charge is 0.462 e.